The number of hydrogen-bond acceptors (Lipinski definition) is 3. The Labute approximate surface area is 168 Å². The average Bonchev–Trinajstić information content (AvgIpc) is 2.72. The van der Waals surface area contributed by atoms with Crippen molar-refractivity contribution >= 4 is 17.3 Å². The number of nitrogens with zero attached hydrogens (tertiary/aromatic N) is 1. The molecule has 2 aromatic carbocycles. The summed E-state index contributed by atoms with van der Waals surface area (Å²) in [5.41, 5.74) is 0.971. The van der Waals surface area contributed by atoms with Crippen molar-refractivity contribution in [3.05, 3.63) is 53.6 Å². The quantitative estimate of drug-likeness (QED) is 0.710. The van der Waals surface area contributed by atoms with Gasteiger partial charge in [-0.25, -0.2) is 0 Å². The van der Waals surface area contributed by atoms with Crippen molar-refractivity contribution in [1.82, 2.24) is 0 Å². The number of amides is 1. The van der Waals surface area contributed by atoms with Crippen LogP contribution in [0.15, 0.2) is 42.5 Å². The summed E-state index contributed by atoms with van der Waals surface area (Å²) in [6.45, 7) is 1.55. The first-order chi connectivity index (χ1) is 13.9. The van der Waals surface area contributed by atoms with Crippen molar-refractivity contribution in [2.75, 3.05) is 30.4 Å². The van der Waals surface area contributed by atoms with Crippen LogP contribution in [0, 0.1) is 0 Å². The third-order valence-corrected chi connectivity index (χ3v) is 5.11. The van der Waals surface area contributed by atoms with E-state index in [2.05, 4.69) is 5.32 Å². The number of rotatable bonds is 6. The number of ether oxygens (including phenoxy) is 1. The number of benzene rings is 2. The Morgan fingerprint density at radius 3 is 2.52 bits per heavy atom. The normalized spacial score (nSPS) is 14.6. The van der Waals surface area contributed by atoms with Gasteiger partial charge in [0.25, 0.3) is 0 Å². The van der Waals surface area contributed by atoms with E-state index < -0.39 is 11.7 Å². The number of piperidine rings is 1. The molecule has 3 rings (SSSR count). The Bertz CT molecular complexity index is 846. The number of carbonyl (C=O) groups excluding carboxylic acids is 1. The van der Waals surface area contributed by atoms with Gasteiger partial charge in [0.05, 0.1) is 24.0 Å². The summed E-state index contributed by atoms with van der Waals surface area (Å²) in [7, 11) is 1.56. The summed E-state index contributed by atoms with van der Waals surface area (Å²) in [5.74, 6) is 0.363. The van der Waals surface area contributed by atoms with Gasteiger partial charge in [-0.05, 0) is 55.5 Å². The van der Waals surface area contributed by atoms with Crippen LogP contribution in [0.4, 0.5) is 24.5 Å². The molecule has 1 N–H and O–H groups in total. The molecule has 4 nitrogen and oxygen atoms in total. The van der Waals surface area contributed by atoms with Crippen LogP contribution in [-0.2, 0) is 17.4 Å². The van der Waals surface area contributed by atoms with Crippen molar-refractivity contribution in [2.45, 2.75) is 38.3 Å². The molecule has 1 fully saturated rings. The van der Waals surface area contributed by atoms with Gasteiger partial charge in [-0.1, -0.05) is 18.2 Å². The van der Waals surface area contributed by atoms with E-state index in [-0.39, 0.29) is 18.0 Å². The highest BCUT2D eigenvalue weighted by atomic mass is 19.4. The van der Waals surface area contributed by atoms with Crippen LogP contribution in [0.3, 0.4) is 0 Å². The van der Waals surface area contributed by atoms with Gasteiger partial charge in [-0.3, -0.25) is 4.79 Å². The van der Waals surface area contributed by atoms with Gasteiger partial charge in [0.2, 0.25) is 5.91 Å². The molecule has 29 heavy (non-hydrogen) atoms. The molecule has 1 heterocycles. The van der Waals surface area contributed by atoms with Crippen LogP contribution in [0.1, 0.15) is 36.8 Å². The van der Waals surface area contributed by atoms with E-state index in [4.69, 9.17) is 4.74 Å². The monoisotopic (exact) mass is 406 g/mol. The zero-order valence-electron chi connectivity index (χ0n) is 16.4. The van der Waals surface area contributed by atoms with Crippen LogP contribution >= 0.6 is 0 Å². The third kappa shape index (κ3) is 5.43. The molecule has 1 aliphatic rings. The molecule has 1 saturated heterocycles. The maximum absolute atomic E-state index is 13.2. The minimum Gasteiger partial charge on any atom is -0.496 e. The van der Waals surface area contributed by atoms with Gasteiger partial charge in [0, 0.05) is 19.5 Å². The van der Waals surface area contributed by atoms with Gasteiger partial charge >= 0.3 is 6.18 Å². The fourth-order valence-electron chi connectivity index (χ4n) is 3.59. The highest BCUT2D eigenvalue weighted by molar-refractivity contribution is 5.94. The Morgan fingerprint density at radius 2 is 1.83 bits per heavy atom. The Morgan fingerprint density at radius 1 is 1.10 bits per heavy atom. The number of carbonyl (C=O) groups is 1. The maximum Gasteiger partial charge on any atom is 0.416 e. The Hall–Kier alpha value is -2.70. The molecular formula is C22H25F3N2O2. The summed E-state index contributed by atoms with van der Waals surface area (Å²) < 4.78 is 44.9. The second-order valence-electron chi connectivity index (χ2n) is 7.14. The molecule has 0 radical (unpaired) electrons. The van der Waals surface area contributed by atoms with Crippen LogP contribution in [-0.4, -0.2) is 26.1 Å². The summed E-state index contributed by atoms with van der Waals surface area (Å²) in [4.78, 5) is 14.6. The van der Waals surface area contributed by atoms with E-state index >= 15 is 0 Å². The number of alkyl halides is 3. The first kappa shape index (κ1) is 21.0. The smallest absolute Gasteiger partial charge is 0.416 e. The fraction of sp³-hybridized carbons (Fsp3) is 0.409. The second kappa shape index (κ2) is 9.20. The zero-order valence-corrected chi connectivity index (χ0v) is 16.4. The zero-order chi connectivity index (χ0) is 20.9. The first-order valence-corrected chi connectivity index (χ1v) is 9.76. The van der Waals surface area contributed by atoms with Crippen LogP contribution in [0.25, 0.3) is 0 Å². The SMILES string of the molecule is COc1ccccc1CCC(=O)Nc1cc(C(F)(F)F)ccc1N1CCCCC1. The van der Waals surface area contributed by atoms with E-state index in [1.165, 1.54) is 6.07 Å². The molecule has 1 amide bonds. The first-order valence-electron chi connectivity index (χ1n) is 9.76. The van der Waals surface area contributed by atoms with E-state index in [1.807, 2.05) is 29.2 Å². The molecule has 0 aromatic heterocycles. The van der Waals surface area contributed by atoms with Crippen molar-refractivity contribution in [3.8, 4) is 5.75 Å². The van der Waals surface area contributed by atoms with Crippen molar-refractivity contribution in [3.63, 3.8) is 0 Å². The number of halogens is 3. The van der Waals surface area contributed by atoms with Crippen LogP contribution in [0.5, 0.6) is 5.75 Å². The molecule has 0 bridgehead atoms. The van der Waals surface area contributed by atoms with Crippen molar-refractivity contribution in [2.24, 2.45) is 0 Å². The highest BCUT2D eigenvalue weighted by Gasteiger charge is 2.31. The summed E-state index contributed by atoms with van der Waals surface area (Å²) in [6, 6.07) is 11.0. The second-order valence-corrected chi connectivity index (χ2v) is 7.14. The van der Waals surface area contributed by atoms with Gasteiger partial charge < -0.3 is 15.0 Å². The van der Waals surface area contributed by atoms with Gasteiger partial charge in [0.1, 0.15) is 5.75 Å². The lowest BCUT2D eigenvalue weighted by molar-refractivity contribution is -0.137. The van der Waals surface area contributed by atoms with Crippen LogP contribution in [0.2, 0.25) is 0 Å². The summed E-state index contributed by atoms with van der Waals surface area (Å²) in [6.07, 6.45) is -0.788. The Kier molecular flexibility index (Phi) is 6.67. The molecule has 0 saturated carbocycles. The van der Waals surface area contributed by atoms with E-state index in [0.29, 0.717) is 17.9 Å². The van der Waals surface area contributed by atoms with Gasteiger partial charge in [0.15, 0.2) is 0 Å². The lowest BCUT2D eigenvalue weighted by atomic mass is 10.1. The lowest BCUT2D eigenvalue weighted by Gasteiger charge is -2.31. The van der Waals surface area contributed by atoms with Crippen molar-refractivity contribution < 1.29 is 22.7 Å². The fourth-order valence-corrected chi connectivity index (χ4v) is 3.59. The van der Waals surface area contributed by atoms with E-state index in [9.17, 15) is 18.0 Å². The number of nitrogens with one attached hydrogen (secondary N) is 1. The predicted octanol–water partition coefficient (Wildman–Crippen LogP) is 5.28. The Balaban J connectivity index is 1.77. The summed E-state index contributed by atoms with van der Waals surface area (Å²) >= 11 is 0. The lowest BCUT2D eigenvalue weighted by Crippen LogP contribution is -2.30. The molecule has 0 unspecified atom stereocenters. The molecule has 156 valence electrons. The average molecular weight is 406 g/mol. The number of hydrogen-bond donors (Lipinski definition) is 1. The molecule has 0 atom stereocenters. The molecule has 1 aliphatic heterocycles. The third-order valence-electron chi connectivity index (χ3n) is 5.11. The standard InChI is InChI=1S/C22H25F3N2O2/c1-29-20-8-4-3-7-16(20)9-12-21(28)26-18-15-17(22(23,24)25)10-11-19(18)27-13-5-2-6-14-27/h3-4,7-8,10-11,15H,2,5-6,9,12-14H2,1H3,(H,26,28). The molecular weight excluding hydrogens is 381 g/mol. The topological polar surface area (TPSA) is 41.6 Å². The predicted molar refractivity (Wildman–Crippen MR) is 107 cm³/mol. The highest BCUT2D eigenvalue weighted by Crippen LogP contribution is 2.36. The molecule has 0 aliphatic carbocycles. The van der Waals surface area contributed by atoms with E-state index in [1.54, 1.807) is 7.11 Å². The minimum atomic E-state index is -4.46. The van der Waals surface area contributed by atoms with Gasteiger partial charge in [-0.2, -0.15) is 13.2 Å². The van der Waals surface area contributed by atoms with Crippen LogP contribution < -0.4 is 15.0 Å². The number of para-hydroxylation sites is 1. The molecule has 7 heteroatoms. The maximum atomic E-state index is 13.2. The molecule has 0 spiro atoms. The van der Waals surface area contributed by atoms with Crippen molar-refractivity contribution in [1.29, 1.82) is 0 Å². The molecule has 2 aromatic rings. The number of methoxy groups -OCH3 is 1. The minimum absolute atomic E-state index is 0.149. The van der Waals surface area contributed by atoms with Gasteiger partial charge in [-0.15, -0.1) is 0 Å². The largest absolute Gasteiger partial charge is 0.496 e. The number of anilines is 2. The summed E-state index contributed by atoms with van der Waals surface area (Å²) in [5, 5.41) is 2.71. The van der Waals surface area contributed by atoms with E-state index in [0.717, 1.165) is 50.0 Å². The number of aryl methyl sites for hydroxylation is 1.